The minimum absolute atomic E-state index is 0.0514. The van der Waals surface area contributed by atoms with Gasteiger partial charge in [-0.3, -0.25) is 14.4 Å². The minimum Gasteiger partial charge on any atom is -0.361 e. The molecule has 0 aliphatic carbocycles. The molecule has 4 aromatic rings. The van der Waals surface area contributed by atoms with Crippen LogP contribution in [0.3, 0.4) is 0 Å². The topological polar surface area (TPSA) is 96.3 Å². The summed E-state index contributed by atoms with van der Waals surface area (Å²) in [5.74, 6) is 0. The molecular formula is C25H19N3O4S. The third-order valence-corrected chi connectivity index (χ3v) is 7.09. The van der Waals surface area contributed by atoms with Gasteiger partial charge in [0, 0.05) is 34.8 Å². The summed E-state index contributed by atoms with van der Waals surface area (Å²) in [7, 11) is -3.91. The van der Waals surface area contributed by atoms with Crippen LogP contribution in [0.1, 0.15) is 22.7 Å². The second-order valence-corrected chi connectivity index (χ2v) is 9.34. The molecule has 3 aromatic carbocycles. The normalized spacial score (nSPS) is 15.8. The lowest BCUT2D eigenvalue weighted by molar-refractivity contribution is -0.384. The summed E-state index contributed by atoms with van der Waals surface area (Å²) in [6.07, 6.45) is 7.12. The number of fused-ring (bicyclic) bond motifs is 2. The smallest absolute Gasteiger partial charge is 0.269 e. The number of nitro groups is 1. The number of H-pyrrole nitrogens is 1. The highest BCUT2D eigenvalue weighted by atomic mass is 32.2. The van der Waals surface area contributed by atoms with Gasteiger partial charge in [-0.25, -0.2) is 8.42 Å². The number of aromatic amines is 1. The number of rotatable bonds is 5. The Morgan fingerprint density at radius 1 is 0.970 bits per heavy atom. The Morgan fingerprint density at radius 2 is 1.70 bits per heavy atom. The van der Waals surface area contributed by atoms with Gasteiger partial charge in [0.25, 0.3) is 15.7 Å². The van der Waals surface area contributed by atoms with Gasteiger partial charge < -0.3 is 4.98 Å². The average Bonchev–Trinajstić information content (AvgIpc) is 3.26. The van der Waals surface area contributed by atoms with Crippen molar-refractivity contribution >= 4 is 44.5 Å². The van der Waals surface area contributed by atoms with Crippen LogP contribution in [0.15, 0.2) is 90.5 Å². The van der Waals surface area contributed by atoms with E-state index in [2.05, 4.69) is 4.98 Å². The van der Waals surface area contributed by atoms with Gasteiger partial charge in [-0.2, -0.15) is 0 Å². The summed E-state index contributed by atoms with van der Waals surface area (Å²) in [6, 6.07) is 20.3. The van der Waals surface area contributed by atoms with E-state index >= 15 is 0 Å². The molecule has 0 saturated heterocycles. The van der Waals surface area contributed by atoms with Crippen molar-refractivity contribution in [3.05, 3.63) is 117 Å². The van der Waals surface area contributed by atoms with Crippen molar-refractivity contribution in [2.24, 2.45) is 0 Å². The lowest BCUT2D eigenvalue weighted by atomic mass is 9.99. The molecule has 164 valence electrons. The van der Waals surface area contributed by atoms with E-state index in [1.807, 2.05) is 60.8 Å². The van der Waals surface area contributed by atoms with Crippen LogP contribution in [0.5, 0.6) is 0 Å². The Hall–Kier alpha value is -4.17. The van der Waals surface area contributed by atoms with E-state index in [4.69, 9.17) is 0 Å². The van der Waals surface area contributed by atoms with Crippen molar-refractivity contribution in [1.29, 1.82) is 0 Å². The van der Waals surface area contributed by atoms with Crippen LogP contribution >= 0.6 is 0 Å². The molecule has 0 saturated carbocycles. The molecule has 0 fully saturated rings. The van der Waals surface area contributed by atoms with Crippen LogP contribution in [0, 0.1) is 10.1 Å². The minimum atomic E-state index is -3.91. The van der Waals surface area contributed by atoms with E-state index in [1.165, 1.54) is 34.6 Å². The van der Waals surface area contributed by atoms with Crippen LogP contribution in [-0.4, -0.2) is 18.3 Å². The Labute approximate surface area is 190 Å². The van der Waals surface area contributed by atoms with Gasteiger partial charge in [-0.05, 0) is 41.5 Å². The van der Waals surface area contributed by atoms with Crippen LogP contribution < -0.4 is 4.31 Å². The van der Waals surface area contributed by atoms with Crippen molar-refractivity contribution in [3.63, 3.8) is 0 Å². The van der Waals surface area contributed by atoms with Gasteiger partial charge in [0.2, 0.25) is 0 Å². The predicted octanol–water partition coefficient (Wildman–Crippen LogP) is 5.65. The van der Waals surface area contributed by atoms with Crippen LogP contribution in [0.2, 0.25) is 0 Å². The molecule has 1 aliphatic rings. The Bertz CT molecular complexity index is 1520. The molecule has 0 bridgehead atoms. The summed E-state index contributed by atoms with van der Waals surface area (Å²) in [6.45, 7) is 0. The van der Waals surface area contributed by atoms with E-state index in [0.29, 0.717) is 11.3 Å². The maximum Gasteiger partial charge on any atom is 0.269 e. The zero-order valence-corrected chi connectivity index (χ0v) is 18.1. The number of nitrogens with one attached hydrogen (secondary N) is 1. The maximum absolute atomic E-state index is 13.6. The first-order valence-corrected chi connectivity index (χ1v) is 11.7. The lowest BCUT2D eigenvalue weighted by Gasteiger charge is -2.33. The highest BCUT2D eigenvalue weighted by Crippen LogP contribution is 2.41. The zero-order chi connectivity index (χ0) is 23.0. The van der Waals surface area contributed by atoms with Crippen LogP contribution in [0.25, 0.3) is 23.1 Å². The van der Waals surface area contributed by atoms with Gasteiger partial charge >= 0.3 is 0 Å². The molecule has 0 spiro atoms. The fourth-order valence-electron chi connectivity index (χ4n) is 4.05. The lowest BCUT2D eigenvalue weighted by Crippen LogP contribution is -2.34. The molecule has 1 N–H and O–H groups in total. The highest BCUT2D eigenvalue weighted by Gasteiger charge is 2.33. The maximum atomic E-state index is 13.6. The van der Waals surface area contributed by atoms with E-state index in [1.54, 1.807) is 6.07 Å². The van der Waals surface area contributed by atoms with Crippen LogP contribution in [0.4, 0.5) is 11.4 Å². The quantitative estimate of drug-likeness (QED) is 0.309. The molecule has 1 aromatic heterocycles. The van der Waals surface area contributed by atoms with E-state index in [-0.39, 0.29) is 5.69 Å². The number of non-ortho nitro benzene ring substituents is 1. The van der Waals surface area contributed by atoms with Gasteiger partial charge in [-0.1, -0.05) is 48.6 Å². The number of aromatic nitrogens is 1. The molecule has 2 heterocycles. The second-order valence-electron chi connectivity index (χ2n) is 7.64. The van der Waals surface area contributed by atoms with Gasteiger partial charge in [0.15, 0.2) is 0 Å². The van der Waals surface area contributed by atoms with Gasteiger partial charge in [-0.15, -0.1) is 0 Å². The summed E-state index contributed by atoms with van der Waals surface area (Å²) in [5.41, 5.74) is 3.67. The number of sulfonamides is 1. The van der Waals surface area contributed by atoms with Crippen molar-refractivity contribution in [2.45, 2.75) is 6.04 Å². The molecule has 8 heteroatoms. The van der Waals surface area contributed by atoms with Crippen LogP contribution in [-0.2, 0) is 10.0 Å². The Kier molecular flexibility index (Phi) is 5.07. The first-order chi connectivity index (χ1) is 15.9. The Morgan fingerprint density at radius 3 is 2.48 bits per heavy atom. The van der Waals surface area contributed by atoms with Gasteiger partial charge in [0.1, 0.15) is 0 Å². The van der Waals surface area contributed by atoms with Crippen molar-refractivity contribution in [3.8, 4) is 0 Å². The molecule has 5 rings (SSSR count). The third-order valence-electron chi connectivity index (χ3n) is 5.64. The molecule has 33 heavy (non-hydrogen) atoms. The molecule has 1 aliphatic heterocycles. The average molecular weight is 458 g/mol. The Balaban J connectivity index is 1.58. The first-order valence-electron chi connectivity index (χ1n) is 10.2. The highest BCUT2D eigenvalue weighted by molar-refractivity contribution is 7.95. The number of nitro benzene ring substituents is 1. The molecule has 1 unspecified atom stereocenters. The SMILES string of the molecule is O=[N+]([O-])c1ccc(C=CS(=O)(=O)N2c3ccccc3C=CC2c2c[nH]c3ccccc23)cc1. The second kappa shape index (κ2) is 8.07. The largest absolute Gasteiger partial charge is 0.361 e. The summed E-state index contributed by atoms with van der Waals surface area (Å²) < 4.78 is 28.7. The number of benzene rings is 3. The summed E-state index contributed by atoms with van der Waals surface area (Å²) in [5, 5.41) is 13.0. The summed E-state index contributed by atoms with van der Waals surface area (Å²) >= 11 is 0. The van der Waals surface area contributed by atoms with Gasteiger partial charge in [0.05, 0.1) is 22.1 Å². The van der Waals surface area contributed by atoms with E-state index < -0.39 is 21.0 Å². The predicted molar refractivity (Wildman–Crippen MR) is 130 cm³/mol. The van der Waals surface area contributed by atoms with E-state index in [0.717, 1.165) is 27.4 Å². The fraction of sp³-hybridized carbons (Fsp3) is 0.0400. The van der Waals surface area contributed by atoms with E-state index in [9.17, 15) is 18.5 Å². The van der Waals surface area contributed by atoms with Crippen molar-refractivity contribution < 1.29 is 13.3 Å². The van der Waals surface area contributed by atoms with Crippen molar-refractivity contribution in [2.75, 3.05) is 4.31 Å². The molecular weight excluding hydrogens is 438 g/mol. The molecule has 0 radical (unpaired) electrons. The molecule has 7 nitrogen and oxygen atoms in total. The van der Waals surface area contributed by atoms with Crippen molar-refractivity contribution in [1.82, 2.24) is 4.98 Å². The number of nitrogens with zero attached hydrogens (tertiary/aromatic N) is 2. The molecule has 1 atom stereocenters. The first kappa shape index (κ1) is 20.7. The molecule has 0 amide bonds. The number of anilines is 1. The fourth-order valence-corrected chi connectivity index (χ4v) is 5.45. The summed E-state index contributed by atoms with van der Waals surface area (Å²) in [4.78, 5) is 13.6. The number of para-hydroxylation sites is 2. The monoisotopic (exact) mass is 457 g/mol. The zero-order valence-electron chi connectivity index (χ0n) is 17.3. The number of hydrogen-bond acceptors (Lipinski definition) is 4. The number of hydrogen-bond donors (Lipinski definition) is 1. The third kappa shape index (κ3) is 3.81. The standard InChI is InChI=1S/C25H19N3O4S/c29-28(30)20-12-9-18(10-13-20)15-16-33(31,32)27-24-8-4-1-5-19(24)11-14-25(27)22-17-26-23-7-3-2-6-21(22)23/h1-17,25-26H.